The van der Waals surface area contributed by atoms with Gasteiger partial charge in [-0.2, -0.15) is 0 Å². The maximum Gasteiger partial charge on any atom is 0.234 e. The smallest absolute Gasteiger partial charge is 0.234 e. The molecule has 2 aliphatic rings. The number of morpholine rings is 1. The molecule has 132 valence electrons. The van der Waals surface area contributed by atoms with Gasteiger partial charge < -0.3 is 15.0 Å². The van der Waals surface area contributed by atoms with Crippen molar-refractivity contribution in [2.24, 2.45) is 0 Å². The van der Waals surface area contributed by atoms with Gasteiger partial charge in [0.25, 0.3) is 0 Å². The summed E-state index contributed by atoms with van der Waals surface area (Å²) in [5.41, 5.74) is 0. The molecule has 0 bridgehead atoms. The average molecular weight is 325 g/mol. The lowest BCUT2D eigenvalue weighted by Gasteiger charge is -2.34. The SMILES string of the molecule is CC1CN(CC(=O)NCCCN2CCCCCC2=O)CC(C)O1. The molecule has 0 aromatic heterocycles. The minimum atomic E-state index is 0.0634. The Hall–Kier alpha value is -1.14. The van der Waals surface area contributed by atoms with Crippen LogP contribution in [0.3, 0.4) is 0 Å². The number of hydrogen-bond donors (Lipinski definition) is 1. The highest BCUT2D eigenvalue weighted by Crippen LogP contribution is 2.11. The highest BCUT2D eigenvalue weighted by atomic mass is 16.5. The predicted octanol–water partition coefficient (Wildman–Crippen LogP) is 1.00. The van der Waals surface area contributed by atoms with E-state index in [1.54, 1.807) is 0 Å². The van der Waals surface area contributed by atoms with Crippen molar-refractivity contribution in [3.8, 4) is 0 Å². The van der Waals surface area contributed by atoms with Gasteiger partial charge in [-0.1, -0.05) is 6.42 Å². The van der Waals surface area contributed by atoms with Crippen LogP contribution in [0.15, 0.2) is 0 Å². The normalized spacial score (nSPS) is 26.9. The van der Waals surface area contributed by atoms with Crippen LogP contribution in [0, 0.1) is 0 Å². The summed E-state index contributed by atoms with van der Waals surface area (Å²) in [7, 11) is 0. The van der Waals surface area contributed by atoms with Crippen molar-refractivity contribution in [2.45, 2.75) is 58.2 Å². The standard InChI is InChI=1S/C17H31N3O3/c1-14-11-19(12-15(2)23-14)13-16(21)18-8-6-10-20-9-5-3-4-7-17(20)22/h14-15H,3-13H2,1-2H3,(H,18,21). The summed E-state index contributed by atoms with van der Waals surface area (Å²) in [6.07, 6.45) is 5.14. The summed E-state index contributed by atoms with van der Waals surface area (Å²) < 4.78 is 5.67. The van der Waals surface area contributed by atoms with Crippen LogP contribution in [0.4, 0.5) is 0 Å². The summed E-state index contributed by atoms with van der Waals surface area (Å²) in [5.74, 6) is 0.332. The van der Waals surface area contributed by atoms with Crippen molar-refractivity contribution in [1.29, 1.82) is 0 Å². The number of ether oxygens (including phenoxy) is 1. The molecule has 2 rings (SSSR count). The second-order valence-corrected chi connectivity index (χ2v) is 6.85. The molecule has 6 nitrogen and oxygen atoms in total. The fourth-order valence-electron chi connectivity index (χ4n) is 3.45. The molecule has 2 unspecified atom stereocenters. The molecule has 23 heavy (non-hydrogen) atoms. The number of carbonyl (C=O) groups is 2. The summed E-state index contributed by atoms with van der Waals surface area (Å²) in [6.45, 7) is 8.39. The first-order chi connectivity index (χ1) is 11.0. The Kier molecular flexibility index (Phi) is 7.30. The Balaban J connectivity index is 1.60. The zero-order valence-corrected chi connectivity index (χ0v) is 14.6. The molecule has 0 spiro atoms. The quantitative estimate of drug-likeness (QED) is 0.740. The number of hydrogen-bond acceptors (Lipinski definition) is 4. The van der Waals surface area contributed by atoms with E-state index in [0.717, 1.165) is 51.9 Å². The van der Waals surface area contributed by atoms with Gasteiger partial charge in [0.05, 0.1) is 18.8 Å². The molecule has 2 fully saturated rings. The van der Waals surface area contributed by atoms with E-state index < -0.39 is 0 Å². The van der Waals surface area contributed by atoms with Crippen LogP contribution in [0.25, 0.3) is 0 Å². The molecule has 2 amide bonds. The highest BCUT2D eigenvalue weighted by Gasteiger charge is 2.23. The number of rotatable bonds is 6. The van der Waals surface area contributed by atoms with Gasteiger partial charge in [-0.25, -0.2) is 0 Å². The molecule has 0 aliphatic carbocycles. The van der Waals surface area contributed by atoms with Crippen molar-refractivity contribution in [2.75, 3.05) is 39.3 Å². The van der Waals surface area contributed by atoms with E-state index in [1.165, 1.54) is 0 Å². The topological polar surface area (TPSA) is 61.9 Å². The van der Waals surface area contributed by atoms with Crippen molar-refractivity contribution in [3.05, 3.63) is 0 Å². The molecule has 6 heteroatoms. The molecule has 2 heterocycles. The molecule has 1 N–H and O–H groups in total. The lowest BCUT2D eigenvalue weighted by Crippen LogP contribution is -2.49. The minimum Gasteiger partial charge on any atom is -0.373 e. The third-order valence-corrected chi connectivity index (χ3v) is 4.46. The van der Waals surface area contributed by atoms with Crippen molar-refractivity contribution in [3.63, 3.8) is 0 Å². The largest absolute Gasteiger partial charge is 0.373 e. The van der Waals surface area contributed by atoms with Gasteiger partial charge in [-0.05, 0) is 33.1 Å². The van der Waals surface area contributed by atoms with Gasteiger partial charge in [0.1, 0.15) is 0 Å². The number of nitrogens with one attached hydrogen (secondary N) is 1. The van der Waals surface area contributed by atoms with Gasteiger partial charge >= 0.3 is 0 Å². The fraction of sp³-hybridized carbons (Fsp3) is 0.882. The molecule has 0 saturated carbocycles. The Labute approximate surface area is 139 Å². The molecular formula is C17H31N3O3. The maximum absolute atomic E-state index is 12.0. The van der Waals surface area contributed by atoms with E-state index in [-0.39, 0.29) is 24.0 Å². The van der Waals surface area contributed by atoms with E-state index in [0.29, 0.717) is 19.5 Å². The second kappa shape index (κ2) is 9.23. The molecule has 0 aromatic rings. The lowest BCUT2D eigenvalue weighted by atomic mass is 10.2. The Morgan fingerprint density at radius 1 is 1.22 bits per heavy atom. The first kappa shape index (κ1) is 18.2. The van der Waals surface area contributed by atoms with Crippen molar-refractivity contribution >= 4 is 11.8 Å². The number of carbonyl (C=O) groups excluding carboxylic acids is 2. The van der Waals surface area contributed by atoms with Gasteiger partial charge in [0, 0.05) is 39.1 Å². The fourth-order valence-corrected chi connectivity index (χ4v) is 3.45. The third kappa shape index (κ3) is 6.47. The zero-order chi connectivity index (χ0) is 16.7. The summed E-state index contributed by atoms with van der Waals surface area (Å²) in [4.78, 5) is 28.0. The Morgan fingerprint density at radius 3 is 2.70 bits per heavy atom. The van der Waals surface area contributed by atoms with E-state index in [4.69, 9.17) is 4.74 Å². The third-order valence-electron chi connectivity index (χ3n) is 4.46. The van der Waals surface area contributed by atoms with E-state index in [1.807, 2.05) is 18.7 Å². The van der Waals surface area contributed by atoms with E-state index in [9.17, 15) is 9.59 Å². The van der Waals surface area contributed by atoms with Crippen molar-refractivity contribution < 1.29 is 14.3 Å². The molecule has 0 radical (unpaired) electrons. The first-order valence-electron chi connectivity index (χ1n) is 8.97. The summed E-state index contributed by atoms with van der Waals surface area (Å²) >= 11 is 0. The van der Waals surface area contributed by atoms with Gasteiger partial charge in [0.2, 0.25) is 11.8 Å². The summed E-state index contributed by atoms with van der Waals surface area (Å²) in [5, 5.41) is 2.97. The van der Waals surface area contributed by atoms with Crippen LogP contribution >= 0.6 is 0 Å². The number of likely N-dealkylation sites (tertiary alicyclic amines) is 1. The van der Waals surface area contributed by atoms with Gasteiger partial charge in [-0.3, -0.25) is 14.5 Å². The average Bonchev–Trinajstić information content (AvgIpc) is 2.67. The summed E-state index contributed by atoms with van der Waals surface area (Å²) in [6, 6.07) is 0. The molecule has 2 atom stereocenters. The molecule has 0 aromatic carbocycles. The lowest BCUT2D eigenvalue weighted by molar-refractivity contribution is -0.130. The van der Waals surface area contributed by atoms with Crippen LogP contribution in [-0.2, 0) is 14.3 Å². The van der Waals surface area contributed by atoms with Gasteiger partial charge in [-0.15, -0.1) is 0 Å². The minimum absolute atomic E-state index is 0.0634. The van der Waals surface area contributed by atoms with E-state index in [2.05, 4.69) is 10.2 Å². The van der Waals surface area contributed by atoms with Crippen molar-refractivity contribution in [1.82, 2.24) is 15.1 Å². The van der Waals surface area contributed by atoms with Crippen LogP contribution in [0.2, 0.25) is 0 Å². The van der Waals surface area contributed by atoms with Crippen LogP contribution < -0.4 is 5.32 Å². The highest BCUT2D eigenvalue weighted by molar-refractivity contribution is 5.78. The molecule has 2 saturated heterocycles. The van der Waals surface area contributed by atoms with Crippen LogP contribution in [0.1, 0.15) is 46.0 Å². The monoisotopic (exact) mass is 325 g/mol. The molecular weight excluding hydrogens is 294 g/mol. The molecule has 2 aliphatic heterocycles. The Bertz CT molecular complexity index is 393. The van der Waals surface area contributed by atoms with Crippen LogP contribution in [-0.4, -0.2) is 73.1 Å². The number of amides is 2. The Morgan fingerprint density at radius 2 is 1.96 bits per heavy atom. The van der Waals surface area contributed by atoms with Crippen LogP contribution in [0.5, 0.6) is 0 Å². The predicted molar refractivity (Wildman–Crippen MR) is 89.1 cm³/mol. The first-order valence-corrected chi connectivity index (χ1v) is 8.97. The zero-order valence-electron chi connectivity index (χ0n) is 14.6. The van der Waals surface area contributed by atoms with E-state index >= 15 is 0 Å². The maximum atomic E-state index is 12.0. The van der Waals surface area contributed by atoms with Gasteiger partial charge in [0.15, 0.2) is 0 Å². The second-order valence-electron chi connectivity index (χ2n) is 6.85. The number of nitrogens with zero attached hydrogens (tertiary/aromatic N) is 2.